The number of benzene rings is 2. The number of aryl methyl sites for hydroxylation is 4. The van der Waals surface area contributed by atoms with E-state index in [2.05, 4.69) is 38.2 Å². The molecule has 0 atom stereocenters. The molecule has 0 aromatic heterocycles. The highest BCUT2D eigenvalue weighted by Crippen LogP contribution is 2.46. The van der Waals surface area contributed by atoms with Crippen molar-refractivity contribution in [2.24, 2.45) is 11.3 Å². The molecule has 2 aromatic carbocycles. The Hall–Kier alpha value is -2.48. The Labute approximate surface area is 162 Å². The first-order valence-corrected chi connectivity index (χ1v) is 9.58. The van der Waals surface area contributed by atoms with Gasteiger partial charge in [-0.2, -0.15) is 0 Å². The molecule has 2 aromatic rings. The summed E-state index contributed by atoms with van der Waals surface area (Å²) in [6, 6.07) is 8.08. The van der Waals surface area contributed by atoms with Crippen molar-refractivity contribution in [3.8, 4) is 11.5 Å². The molecular weight excluding hydrogens is 332 g/mol. The summed E-state index contributed by atoms with van der Waals surface area (Å²) in [5.74, 6) is 0.551. The lowest BCUT2D eigenvalue weighted by molar-refractivity contribution is 0.441. The number of phenolic OH excluding ortho intramolecular Hbond substituents is 2. The zero-order valence-electron chi connectivity index (χ0n) is 17.2. The van der Waals surface area contributed by atoms with Crippen LogP contribution >= 0.6 is 0 Å². The Morgan fingerprint density at radius 2 is 1.15 bits per heavy atom. The SMILES string of the molecule is Cc1cc(C)c(O)c(C(c2cc(C)cc(C)c2O)C2C=CC(C)(C)C=C2)c1. The molecule has 0 saturated heterocycles. The van der Waals surface area contributed by atoms with E-state index in [-0.39, 0.29) is 17.3 Å². The summed E-state index contributed by atoms with van der Waals surface area (Å²) >= 11 is 0. The van der Waals surface area contributed by atoms with Gasteiger partial charge in [-0.05, 0) is 38.8 Å². The van der Waals surface area contributed by atoms with Gasteiger partial charge in [0.25, 0.3) is 0 Å². The maximum atomic E-state index is 10.9. The van der Waals surface area contributed by atoms with Crippen LogP contribution in [0.5, 0.6) is 11.5 Å². The van der Waals surface area contributed by atoms with Crippen molar-refractivity contribution >= 4 is 0 Å². The highest BCUT2D eigenvalue weighted by atomic mass is 16.3. The summed E-state index contributed by atoms with van der Waals surface area (Å²) in [6.07, 6.45) is 8.84. The molecule has 0 heterocycles. The van der Waals surface area contributed by atoms with Crippen LogP contribution < -0.4 is 0 Å². The summed E-state index contributed by atoms with van der Waals surface area (Å²) in [5.41, 5.74) is 5.71. The molecule has 3 rings (SSSR count). The molecule has 0 unspecified atom stereocenters. The lowest BCUT2D eigenvalue weighted by Crippen LogP contribution is -2.17. The number of phenols is 2. The van der Waals surface area contributed by atoms with Crippen LogP contribution in [0.15, 0.2) is 48.6 Å². The molecule has 0 aliphatic heterocycles. The third-order valence-electron chi connectivity index (χ3n) is 5.50. The lowest BCUT2D eigenvalue weighted by atomic mass is 9.74. The van der Waals surface area contributed by atoms with E-state index in [9.17, 15) is 10.2 Å². The van der Waals surface area contributed by atoms with Crippen LogP contribution in [-0.4, -0.2) is 10.2 Å². The molecule has 0 fully saturated rings. The van der Waals surface area contributed by atoms with Gasteiger partial charge in [0.2, 0.25) is 0 Å². The maximum absolute atomic E-state index is 10.9. The Bertz CT molecular complexity index is 858. The van der Waals surface area contributed by atoms with Crippen LogP contribution in [0.25, 0.3) is 0 Å². The third-order valence-corrected chi connectivity index (χ3v) is 5.50. The van der Waals surface area contributed by atoms with Gasteiger partial charge < -0.3 is 10.2 Å². The van der Waals surface area contributed by atoms with E-state index in [0.717, 1.165) is 33.4 Å². The van der Waals surface area contributed by atoms with E-state index >= 15 is 0 Å². The molecule has 0 radical (unpaired) electrons. The molecule has 2 heteroatoms. The number of hydrogen-bond donors (Lipinski definition) is 2. The molecule has 2 N–H and O–H groups in total. The Morgan fingerprint density at radius 1 is 0.741 bits per heavy atom. The van der Waals surface area contributed by atoms with Crippen molar-refractivity contribution < 1.29 is 10.2 Å². The second kappa shape index (κ2) is 6.92. The highest BCUT2D eigenvalue weighted by molar-refractivity contribution is 5.55. The van der Waals surface area contributed by atoms with Crippen LogP contribution in [0.2, 0.25) is 0 Å². The predicted octanol–water partition coefficient (Wildman–Crippen LogP) is 6.23. The van der Waals surface area contributed by atoms with Gasteiger partial charge in [0, 0.05) is 28.4 Å². The number of rotatable bonds is 3. The van der Waals surface area contributed by atoms with Gasteiger partial charge in [0.15, 0.2) is 0 Å². The van der Waals surface area contributed by atoms with Gasteiger partial charge >= 0.3 is 0 Å². The summed E-state index contributed by atoms with van der Waals surface area (Å²) in [5, 5.41) is 21.8. The van der Waals surface area contributed by atoms with Crippen molar-refractivity contribution in [2.45, 2.75) is 47.5 Å². The Morgan fingerprint density at radius 3 is 1.56 bits per heavy atom. The summed E-state index contributed by atoms with van der Waals surface area (Å²) in [6.45, 7) is 12.3. The zero-order valence-corrected chi connectivity index (χ0v) is 17.2. The number of hydrogen-bond acceptors (Lipinski definition) is 2. The minimum Gasteiger partial charge on any atom is -0.507 e. The second-order valence-electron chi connectivity index (χ2n) is 8.63. The molecule has 142 valence electrons. The first-order chi connectivity index (χ1) is 12.6. The van der Waals surface area contributed by atoms with Crippen molar-refractivity contribution in [3.63, 3.8) is 0 Å². The topological polar surface area (TPSA) is 40.5 Å². The fraction of sp³-hybridized carbons (Fsp3) is 0.360. The van der Waals surface area contributed by atoms with Gasteiger partial charge in [0.05, 0.1) is 0 Å². The molecular formula is C25H30O2. The third kappa shape index (κ3) is 3.80. The van der Waals surface area contributed by atoms with Crippen LogP contribution in [0, 0.1) is 39.0 Å². The van der Waals surface area contributed by atoms with Crippen molar-refractivity contribution in [3.05, 3.63) is 82.0 Å². The molecule has 27 heavy (non-hydrogen) atoms. The van der Waals surface area contributed by atoms with Crippen LogP contribution in [0.1, 0.15) is 53.1 Å². The first-order valence-electron chi connectivity index (χ1n) is 9.58. The molecule has 1 aliphatic rings. The quantitative estimate of drug-likeness (QED) is 0.635. The van der Waals surface area contributed by atoms with E-state index in [4.69, 9.17) is 0 Å². The van der Waals surface area contributed by atoms with Crippen molar-refractivity contribution in [2.75, 3.05) is 0 Å². The summed E-state index contributed by atoms with van der Waals surface area (Å²) in [4.78, 5) is 0. The highest BCUT2D eigenvalue weighted by Gasteiger charge is 2.30. The standard InChI is InChI=1S/C25H30O2/c1-15-11-17(3)23(26)20(13-15)22(19-7-9-25(5,6)10-8-19)21-14-16(2)12-18(4)24(21)27/h7-14,19,22,26-27H,1-6H3. The van der Waals surface area contributed by atoms with E-state index in [1.54, 1.807) is 0 Å². The molecule has 0 bridgehead atoms. The Kier molecular flexibility index (Phi) is 4.94. The average molecular weight is 363 g/mol. The Balaban J connectivity index is 2.25. The average Bonchev–Trinajstić information content (AvgIpc) is 2.57. The van der Waals surface area contributed by atoms with Gasteiger partial charge in [-0.25, -0.2) is 0 Å². The van der Waals surface area contributed by atoms with Gasteiger partial charge in [-0.15, -0.1) is 0 Å². The monoisotopic (exact) mass is 362 g/mol. The van der Waals surface area contributed by atoms with Crippen molar-refractivity contribution in [1.82, 2.24) is 0 Å². The molecule has 1 aliphatic carbocycles. The first kappa shape index (κ1) is 19.3. The predicted molar refractivity (Wildman–Crippen MR) is 113 cm³/mol. The summed E-state index contributed by atoms with van der Waals surface area (Å²) < 4.78 is 0. The normalized spacial score (nSPS) is 16.3. The second-order valence-corrected chi connectivity index (χ2v) is 8.63. The fourth-order valence-electron chi connectivity index (χ4n) is 4.10. The largest absolute Gasteiger partial charge is 0.507 e. The molecule has 2 nitrogen and oxygen atoms in total. The van der Waals surface area contributed by atoms with Crippen LogP contribution in [-0.2, 0) is 0 Å². The minimum atomic E-state index is -0.147. The molecule has 0 saturated carbocycles. The van der Waals surface area contributed by atoms with Crippen molar-refractivity contribution in [1.29, 1.82) is 0 Å². The minimum absolute atomic E-state index is 0.0240. The number of aromatic hydroxyl groups is 2. The maximum Gasteiger partial charge on any atom is 0.122 e. The van der Waals surface area contributed by atoms with Gasteiger partial charge in [0.1, 0.15) is 11.5 Å². The van der Waals surface area contributed by atoms with E-state index in [1.165, 1.54) is 0 Å². The van der Waals surface area contributed by atoms with Gasteiger partial charge in [-0.1, -0.05) is 73.5 Å². The smallest absolute Gasteiger partial charge is 0.122 e. The van der Waals surface area contributed by atoms with Gasteiger partial charge in [-0.3, -0.25) is 0 Å². The molecule has 0 amide bonds. The fourth-order valence-corrected chi connectivity index (χ4v) is 4.10. The van der Waals surface area contributed by atoms with Crippen LogP contribution in [0.3, 0.4) is 0 Å². The van der Waals surface area contributed by atoms with E-state index in [1.807, 2.05) is 52.0 Å². The van der Waals surface area contributed by atoms with E-state index in [0.29, 0.717) is 11.5 Å². The van der Waals surface area contributed by atoms with Crippen LogP contribution in [0.4, 0.5) is 0 Å². The summed E-state index contributed by atoms with van der Waals surface area (Å²) in [7, 11) is 0. The molecule has 0 spiro atoms. The van der Waals surface area contributed by atoms with E-state index < -0.39 is 0 Å². The lowest BCUT2D eigenvalue weighted by Gasteiger charge is -2.31. The zero-order chi connectivity index (χ0) is 19.9. The number of allylic oxidation sites excluding steroid dienone is 4.